The molecule has 3 aromatic rings. The molecule has 2 N–H and O–H groups in total. The van der Waals surface area contributed by atoms with Gasteiger partial charge in [0.2, 0.25) is 5.95 Å². The molecule has 4 rings (SSSR count). The molecule has 1 aromatic carbocycles. The Kier molecular flexibility index (Phi) is 6.60. The fraction of sp³-hybridized carbons (Fsp3) is 0.417. The molecule has 0 bridgehead atoms. The number of rotatable bonds is 5. The van der Waals surface area contributed by atoms with Crippen molar-refractivity contribution < 1.29 is 18.3 Å². The number of alkyl halides is 3. The molecule has 10 heteroatoms. The molecule has 2 aromatic heterocycles. The smallest absolute Gasteiger partial charge is 0.383 e. The summed E-state index contributed by atoms with van der Waals surface area (Å²) in [5, 5.41) is 23.9. The molecular weight excluding hydrogens is 463 g/mol. The molecular formula is C24H24F3N5OS. The van der Waals surface area contributed by atoms with E-state index in [1.165, 1.54) is 11.3 Å². The first-order valence-electron chi connectivity index (χ1n) is 10.9. The Balaban J connectivity index is 1.56. The van der Waals surface area contributed by atoms with Gasteiger partial charge in [0, 0.05) is 24.0 Å². The van der Waals surface area contributed by atoms with Gasteiger partial charge in [0.1, 0.15) is 16.3 Å². The van der Waals surface area contributed by atoms with Gasteiger partial charge >= 0.3 is 6.18 Å². The Morgan fingerprint density at radius 1 is 1.15 bits per heavy atom. The van der Waals surface area contributed by atoms with Crippen molar-refractivity contribution in [2.24, 2.45) is 11.8 Å². The number of hydrogen-bond donors (Lipinski definition) is 2. The first kappa shape index (κ1) is 24.1. The summed E-state index contributed by atoms with van der Waals surface area (Å²) in [6, 6.07) is 8.67. The second-order valence-electron chi connectivity index (χ2n) is 8.83. The van der Waals surface area contributed by atoms with Crippen LogP contribution >= 0.6 is 11.3 Å². The fourth-order valence-corrected chi connectivity index (χ4v) is 5.33. The monoisotopic (exact) mass is 487 g/mol. The Hall–Kier alpha value is -3.03. The number of anilines is 2. The highest BCUT2D eigenvalue weighted by Crippen LogP contribution is 2.43. The second kappa shape index (κ2) is 9.31. The molecule has 0 amide bonds. The summed E-state index contributed by atoms with van der Waals surface area (Å²) in [4.78, 5) is 12.8. The standard InChI is InChI=1S/C24H24F3N5OS/c1-14-9-16(11-18(10-14)31-22-29-8-7-20(32-22)24(25,26)27)19-13-30-21(34-19)23(2,33)17-5-3-15(12-28)4-6-17/h7-11,13,15,17,33H,3-6H2,1-2H3,(H,29,31,32)/t15-,17-,23?. The summed E-state index contributed by atoms with van der Waals surface area (Å²) >= 11 is 1.39. The zero-order chi connectivity index (χ0) is 24.5. The summed E-state index contributed by atoms with van der Waals surface area (Å²) in [5.74, 6) is -0.0610. The van der Waals surface area contributed by atoms with Crippen LogP contribution < -0.4 is 5.32 Å². The molecule has 178 valence electrons. The van der Waals surface area contributed by atoms with Crippen molar-refractivity contribution in [3.63, 3.8) is 0 Å². The maximum atomic E-state index is 13.0. The first-order chi connectivity index (χ1) is 16.1. The summed E-state index contributed by atoms with van der Waals surface area (Å²) in [7, 11) is 0. The van der Waals surface area contributed by atoms with E-state index in [1.54, 1.807) is 25.3 Å². The van der Waals surface area contributed by atoms with Crippen LogP contribution in [0.3, 0.4) is 0 Å². The molecule has 0 aliphatic heterocycles. The van der Waals surface area contributed by atoms with Gasteiger partial charge in [-0.05, 0) is 74.8 Å². The zero-order valence-corrected chi connectivity index (χ0v) is 19.5. The predicted molar refractivity (Wildman–Crippen MR) is 123 cm³/mol. The average molecular weight is 488 g/mol. The van der Waals surface area contributed by atoms with Crippen LogP contribution in [0.15, 0.2) is 36.7 Å². The molecule has 34 heavy (non-hydrogen) atoms. The minimum atomic E-state index is -4.55. The van der Waals surface area contributed by atoms with Crippen molar-refractivity contribution in [3.8, 4) is 16.5 Å². The number of aliphatic hydroxyl groups is 1. The maximum Gasteiger partial charge on any atom is 0.433 e. The molecule has 0 radical (unpaired) electrons. The third-order valence-electron chi connectivity index (χ3n) is 6.21. The highest BCUT2D eigenvalue weighted by atomic mass is 32.1. The molecule has 1 unspecified atom stereocenters. The lowest BCUT2D eigenvalue weighted by atomic mass is 9.75. The van der Waals surface area contributed by atoms with E-state index in [-0.39, 0.29) is 17.8 Å². The number of nitrogens with zero attached hydrogens (tertiary/aromatic N) is 4. The van der Waals surface area contributed by atoms with Crippen LogP contribution in [0.2, 0.25) is 0 Å². The van der Waals surface area contributed by atoms with Gasteiger partial charge in [0.05, 0.1) is 10.9 Å². The Bertz CT molecular complexity index is 1210. The molecule has 0 saturated heterocycles. The quantitative estimate of drug-likeness (QED) is 0.444. The van der Waals surface area contributed by atoms with Crippen LogP contribution in [-0.2, 0) is 11.8 Å². The molecule has 0 spiro atoms. The average Bonchev–Trinajstić information content (AvgIpc) is 3.30. The van der Waals surface area contributed by atoms with Crippen molar-refractivity contribution in [2.45, 2.75) is 51.3 Å². The number of benzene rings is 1. The largest absolute Gasteiger partial charge is 0.433 e. The van der Waals surface area contributed by atoms with Crippen molar-refractivity contribution in [3.05, 3.63) is 52.9 Å². The Morgan fingerprint density at radius 2 is 1.88 bits per heavy atom. The van der Waals surface area contributed by atoms with Gasteiger partial charge < -0.3 is 10.4 Å². The topological polar surface area (TPSA) is 94.7 Å². The normalized spacial score (nSPS) is 20.4. The number of aryl methyl sites for hydroxylation is 1. The van der Waals surface area contributed by atoms with Crippen molar-refractivity contribution >= 4 is 23.0 Å². The van der Waals surface area contributed by atoms with Gasteiger partial charge in [-0.15, -0.1) is 11.3 Å². The number of nitriles is 1. The van der Waals surface area contributed by atoms with E-state index in [2.05, 4.69) is 26.3 Å². The van der Waals surface area contributed by atoms with Crippen molar-refractivity contribution in [2.75, 3.05) is 5.32 Å². The molecule has 1 aliphatic carbocycles. The van der Waals surface area contributed by atoms with E-state index in [9.17, 15) is 18.3 Å². The minimum absolute atomic E-state index is 0.0314. The maximum absolute atomic E-state index is 13.0. The molecule has 1 saturated carbocycles. The number of halogens is 3. The third-order valence-corrected chi connectivity index (χ3v) is 7.48. The van der Waals surface area contributed by atoms with Gasteiger partial charge in [-0.3, -0.25) is 0 Å². The van der Waals surface area contributed by atoms with E-state index in [0.29, 0.717) is 10.7 Å². The SMILES string of the molecule is Cc1cc(Nc2nccc(C(F)(F)F)n2)cc(-c2cnc(C(C)(O)[C@H]3CC[C@H](C#N)CC3)s2)c1. The van der Waals surface area contributed by atoms with E-state index < -0.39 is 17.5 Å². The number of nitrogens with one attached hydrogen (secondary N) is 1. The minimum Gasteiger partial charge on any atom is -0.383 e. The van der Waals surface area contributed by atoms with E-state index in [0.717, 1.165) is 54.0 Å². The highest BCUT2D eigenvalue weighted by Gasteiger charge is 2.39. The van der Waals surface area contributed by atoms with Crippen LogP contribution in [-0.4, -0.2) is 20.1 Å². The van der Waals surface area contributed by atoms with Gasteiger partial charge in [-0.2, -0.15) is 18.4 Å². The van der Waals surface area contributed by atoms with Gasteiger partial charge in [0.25, 0.3) is 0 Å². The van der Waals surface area contributed by atoms with Crippen LogP contribution in [0.5, 0.6) is 0 Å². The van der Waals surface area contributed by atoms with Crippen LogP contribution in [0.1, 0.15) is 48.9 Å². The van der Waals surface area contributed by atoms with Gasteiger partial charge in [-0.25, -0.2) is 15.0 Å². The molecule has 2 heterocycles. The summed E-state index contributed by atoms with van der Waals surface area (Å²) in [6.45, 7) is 3.66. The summed E-state index contributed by atoms with van der Waals surface area (Å²) in [5.41, 5.74) is 0.146. The van der Waals surface area contributed by atoms with Crippen LogP contribution in [0.25, 0.3) is 10.4 Å². The lowest BCUT2D eigenvalue weighted by Gasteiger charge is -2.35. The molecule has 6 nitrogen and oxygen atoms in total. The van der Waals surface area contributed by atoms with Gasteiger partial charge in [-0.1, -0.05) is 6.07 Å². The zero-order valence-electron chi connectivity index (χ0n) is 18.7. The second-order valence-corrected chi connectivity index (χ2v) is 9.86. The Labute approximate surface area is 199 Å². The molecule has 1 fully saturated rings. The van der Waals surface area contributed by atoms with Crippen LogP contribution in [0.4, 0.5) is 24.8 Å². The van der Waals surface area contributed by atoms with Gasteiger partial charge in [0.15, 0.2) is 0 Å². The lowest BCUT2D eigenvalue weighted by Crippen LogP contribution is -2.34. The number of aromatic nitrogens is 3. The number of thiazole rings is 1. The Morgan fingerprint density at radius 3 is 2.56 bits per heavy atom. The predicted octanol–water partition coefficient (Wildman–Crippen LogP) is 6.21. The van der Waals surface area contributed by atoms with E-state index in [4.69, 9.17) is 5.26 Å². The fourth-order valence-electron chi connectivity index (χ4n) is 4.30. The lowest BCUT2D eigenvalue weighted by molar-refractivity contribution is -0.141. The van der Waals surface area contributed by atoms with E-state index in [1.807, 2.05) is 13.0 Å². The summed E-state index contributed by atoms with van der Waals surface area (Å²) in [6.07, 6.45) is 1.32. The summed E-state index contributed by atoms with van der Waals surface area (Å²) < 4.78 is 38.9. The molecule has 1 aliphatic rings. The molecule has 1 atom stereocenters. The first-order valence-corrected chi connectivity index (χ1v) is 11.8. The van der Waals surface area contributed by atoms with Crippen molar-refractivity contribution in [1.82, 2.24) is 15.0 Å². The third kappa shape index (κ3) is 5.21. The van der Waals surface area contributed by atoms with Crippen molar-refractivity contribution in [1.29, 1.82) is 5.26 Å². The van der Waals surface area contributed by atoms with Crippen LogP contribution in [0, 0.1) is 30.1 Å². The number of hydrogen-bond acceptors (Lipinski definition) is 7. The van der Waals surface area contributed by atoms with E-state index >= 15 is 0 Å². The highest BCUT2D eigenvalue weighted by molar-refractivity contribution is 7.15.